The van der Waals surface area contributed by atoms with Gasteiger partial charge in [0, 0.05) is 5.75 Å². The Bertz CT molecular complexity index is 696. The zero-order valence-corrected chi connectivity index (χ0v) is 11.4. The van der Waals surface area contributed by atoms with Crippen molar-refractivity contribution in [2.45, 2.75) is 11.0 Å². The number of hydrogen-bond donors (Lipinski definition) is 1. The van der Waals surface area contributed by atoms with Crippen LogP contribution in [0.1, 0.15) is 5.69 Å². The molecule has 0 saturated carbocycles. The predicted molar refractivity (Wildman–Crippen MR) is 77.2 cm³/mol. The molecule has 3 aromatic rings. The average molecular weight is 292 g/mol. The Balaban J connectivity index is 1.80. The fraction of sp³-hybridized carbons (Fsp3) is 0.0769. The van der Waals surface area contributed by atoms with E-state index in [0.717, 1.165) is 16.8 Å². The third-order valence-electron chi connectivity index (χ3n) is 2.55. The van der Waals surface area contributed by atoms with E-state index in [1.165, 1.54) is 11.8 Å². The van der Waals surface area contributed by atoms with Crippen LogP contribution < -0.4 is 5.73 Å². The summed E-state index contributed by atoms with van der Waals surface area (Å²) in [6.45, 7) is 0. The van der Waals surface area contributed by atoms with Gasteiger partial charge in [0.15, 0.2) is 5.58 Å². The molecular formula is C13H10ClN3OS. The van der Waals surface area contributed by atoms with Crippen LogP contribution in [-0.4, -0.2) is 9.97 Å². The summed E-state index contributed by atoms with van der Waals surface area (Å²) in [6, 6.07) is 11.1. The number of hydrogen-bond acceptors (Lipinski definition) is 5. The topological polar surface area (TPSA) is 64.9 Å². The molecule has 0 radical (unpaired) electrons. The number of halogens is 1. The minimum absolute atomic E-state index is 0.456. The zero-order chi connectivity index (χ0) is 13.2. The summed E-state index contributed by atoms with van der Waals surface area (Å²) >= 11 is 7.50. The van der Waals surface area contributed by atoms with Gasteiger partial charge in [-0.1, -0.05) is 35.5 Å². The third kappa shape index (κ3) is 2.67. The molecule has 0 bridgehead atoms. The molecule has 0 unspecified atom stereocenters. The summed E-state index contributed by atoms with van der Waals surface area (Å²) in [4.78, 5) is 8.57. The highest BCUT2D eigenvalue weighted by atomic mass is 35.5. The first kappa shape index (κ1) is 12.3. The Morgan fingerprint density at radius 3 is 2.84 bits per heavy atom. The molecular weight excluding hydrogens is 282 g/mol. The van der Waals surface area contributed by atoms with Crippen LogP contribution >= 0.6 is 23.4 Å². The molecule has 6 heteroatoms. The number of nitrogen functional groups attached to an aromatic ring is 1. The maximum atomic E-state index is 6.06. The smallest absolute Gasteiger partial charge is 0.257 e. The summed E-state index contributed by atoms with van der Waals surface area (Å²) in [6.07, 6.45) is 0. The molecule has 0 aliphatic carbocycles. The van der Waals surface area contributed by atoms with Crippen molar-refractivity contribution in [2.75, 3.05) is 5.73 Å². The lowest BCUT2D eigenvalue weighted by molar-refractivity contribution is 0.489. The van der Waals surface area contributed by atoms with Crippen LogP contribution in [0.5, 0.6) is 0 Å². The van der Waals surface area contributed by atoms with Crippen molar-refractivity contribution in [3.05, 3.63) is 47.1 Å². The first-order valence-corrected chi connectivity index (χ1v) is 6.98. The van der Waals surface area contributed by atoms with Crippen molar-refractivity contribution in [3.63, 3.8) is 0 Å². The van der Waals surface area contributed by atoms with Gasteiger partial charge in [-0.2, -0.15) is 0 Å². The number of pyridine rings is 1. The predicted octanol–water partition coefficient (Wildman–Crippen LogP) is 3.75. The van der Waals surface area contributed by atoms with E-state index in [1.54, 1.807) is 12.1 Å². The number of nitrogens with zero attached hydrogens (tertiary/aromatic N) is 2. The first-order valence-electron chi connectivity index (χ1n) is 5.61. The second-order valence-corrected chi connectivity index (χ2v) is 5.23. The molecule has 2 heterocycles. The lowest BCUT2D eigenvalue weighted by Gasteiger charge is -2.02. The number of benzene rings is 1. The fourth-order valence-corrected chi connectivity index (χ4v) is 2.69. The normalized spacial score (nSPS) is 11.0. The molecule has 0 fully saturated rings. The molecule has 0 aliphatic heterocycles. The molecule has 0 aliphatic rings. The van der Waals surface area contributed by atoms with Crippen LogP contribution in [0.25, 0.3) is 11.1 Å². The third-order valence-corrected chi connectivity index (χ3v) is 3.73. The van der Waals surface area contributed by atoms with Crippen molar-refractivity contribution in [1.82, 2.24) is 9.97 Å². The average Bonchev–Trinajstić information content (AvgIpc) is 2.82. The van der Waals surface area contributed by atoms with Crippen LogP contribution in [0.2, 0.25) is 5.02 Å². The van der Waals surface area contributed by atoms with E-state index in [-0.39, 0.29) is 0 Å². The number of oxazole rings is 1. The molecule has 2 N–H and O–H groups in total. The van der Waals surface area contributed by atoms with Gasteiger partial charge < -0.3 is 10.2 Å². The van der Waals surface area contributed by atoms with E-state index in [1.807, 2.05) is 24.3 Å². The van der Waals surface area contributed by atoms with E-state index in [0.29, 0.717) is 21.8 Å². The highest BCUT2D eigenvalue weighted by Gasteiger charge is 2.08. The number of nitrogens with two attached hydrogens (primary N) is 1. The fourth-order valence-electron chi connectivity index (χ4n) is 1.65. The SMILES string of the molecule is Nc1ccc(Cl)c(CSc2nc3ccccc3o2)n1. The van der Waals surface area contributed by atoms with E-state index in [4.69, 9.17) is 21.8 Å². The molecule has 0 amide bonds. The number of aromatic nitrogens is 2. The van der Waals surface area contributed by atoms with Gasteiger partial charge in [-0.3, -0.25) is 0 Å². The lowest BCUT2D eigenvalue weighted by atomic mass is 10.3. The van der Waals surface area contributed by atoms with Gasteiger partial charge in [0.05, 0.1) is 10.7 Å². The Kier molecular flexibility index (Phi) is 3.31. The molecule has 1 aromatic carbocycles. The molecule has 0 saturated heterocycles. The zero-order valence-electron chi connectivity index (χ0n) is 9.84. The van der Waals surface area contributed by atoms with Crippen LogP contribution in [0.15, 0.2) is 46.0 Å². The number of thioether (sulfide) groups is 1. The van der Waals surface area contributed by atoms with E-state index >= 15 is 0 Å². The standard InChI is InChI=1S/C13H10ClN3OS/c14-8-5-6-12(15)16-10(8)7-19-13-17-9-3-1-2-4-11(9)18-13/h1-6H,7H2,(H2,15,16). The molecule has 2 aromatic heterocycles. The summed E-state index contributed by atoms with van der Waals surface area (Å²) in [5, 5.41) is 1.19. The molecule has 96 valence electrons. The van der Waals surface area contributed by atoms with Gasteiger partial charge in [-0.15, -0.1) is 0 Å². The number of rotatable bonds is 3. The minimum Gasteiger partial charge on any atom is -0.431 e. The molecule has 4 nitrogen and oxygen atoms in total. The Morgan fingerprint density at radius 2 is 2.00 bits per heavy atom. The Morgan fingerprint density at radius 1 is 1.16 bits per heavy atom. The second-order valence-electron chi connectivity index (χ2n) is 3.90. The Hall–Kier alpha value is -1.72. The highest BCUT2D eigenvalue weighted by Crippen LogP contribution is 2.28. The van der Waals surface area contributed by atoms with E-state index < -0.39 is 0 Å². The highest BCUT2D eigenvalue weighted by molar-refractivity contribution is 7.98. The Labute approximate surface area is 119 Å². The number of para-hydroxylation sites is 2. The summed E-state index contributed by atoms with van der Waals surface area (Å²) in [7, 11) is 0. The van der Waals surface area contributed by atoms with Crippen LogP contribution in [0, 0.1) is 0 Å². The van der Waals surface area contributed by atoms with Crippen molar-refractivity contribution in [2.24, 2.45) is 0 Å². The second kappa shape index (κ2) is 5.11. The van der Waals surface area contributed by atoms with Gasteiger partial charge in [-0.25, -0.2) is 9.97 Å². The van der Waals surface area contributed by atoms with Crippen LogP contribution in [0.4, 0.5) is 5.82 Å². The monoisotopic (exact) mass is 291 g/mol. The minimum atomic E-state index is 0.456. The number of fused-ring (bicyclic) bond motifs is 1. The van der Waals surface area contributed by atoms with E-state index in [9.17, 15) is 0 Å². The van der Waals surface area contributed by atoms with E-state index in [2.05, 4.69) is 9.97 Å². The van der Waals surface area contributed by atoms with Crippen molar-refractivity contribution < 1.29 is 4.42 Å². The summed E-state index contributed by atoms with van der Waals surface area (Å²) in [5.74, 6) is 1.02. The van der Waals surface area contributed by atoms with Gasteiger partial charge >= 0.3 is 0 Å². The van der Waals surface area contributed by atoms with Gasteiger partial charge in [0.2, 0.25) is 0 Å². The molecule has 3 rings (SSSR count). The van der Waals surface area contributed by atoms with Crippen molar-refractivity contribution in [1.29, 1.82) is 0 Å². The largest absolute Gasteiger partial charge is 0.431 e. The van der Waals surface area contributed by atoms with Gasteiger partial charge in [0.1, 0.15) is 11.3 Å². The first-order chi connectivity index (χ1) is 9.22. The quantitative estimate of drug-likeness (QED) is 0.745. The lowest BCUT2D eigenvalue weighted by Crippen LogP contribution is -1.95. The van der Waals surface area contributed by atoms with Crippen molar-refractivity contribution >= 4 is 40.3 Å². The summed E-state index contributed by atoms with van der Waals surface area (Å²) in [5.41, 5.74) is 7.99. The maximum Gasteiger partial charge on any atom is 0.257 e. The van der Waals surface area contributed by atoms with Crippen LogP contribution in [-0.2, 0) is 5.75 Å². The maximum absolute atomic E-state index is 6.06. The van der Waals surface area contributed by atoms with Gasteiger partial charge in [-0.05, 0) is 24.3 Å². The molecule has 19 heavy (non-hydrogen) atoms. The van der Waals surface area contributed by atoms with Crippen molar-refractivity contribution in [3.8, 4) is 0 Å². The van der Waals surface area contributed by atoms with Gasteiger partial charge in [0.25, 0.3) is 5.22 Å². The van der Waals surface area contributed by atoms with Crippen LogP contribution in [0.3, 0.4) is 0 Å². The summed E-state index contributed by atoms with van der Waals surface area (Å²) < 4.78 is 5.61. The molecule has 0 atom stereocenters. The number of anilines is 1. The molecule has 0 spiro atoms.